The second-order valence-electron chi connectivity index (χ2n) is 7.02. The minimum atomic E-state index is -0.0727. The predicted octanol–water partition coefficient (Wildman–Crippen LogP) is 4.44. The maximum atomic E-state index is 12.5. The number of anilines is 3. The SMILES string of the molecule is O=C(Cc1c[nH]c2ccccc12)Nc1ccc(N2CCc3ccccc32)cn1. The molecule has 3 heterocycles. The number of benzene rings is 2. The number of fused-ring (bicyclic) bond motifs is 2. The zero-order valence-corrected chi connectivity index (χ0v) is 15.4. The molecule has 5 nitrogen and oxygen atoms in total. The number of para-hydroxylation sites is 2. The molecule has 5 rings (SSSR count). The second-order valence-corrected chi connectivity index (χ2v) is 7.02. The van der Waals surface area contributed by atoms with Crippen molar-refractivity contribution in [1.82, 2.24) is 9.97 Å². The fourth-order valence-electron chi connectivity index (χ4n) is 3.86. The van der Waals surface area contributed by atoms with Crippen molar-refractivity contribution in [2.45, 2.75) is 12.8 Å². The van der Waals surface area contributed by atoms with E-state index in [9.17, 15) is 4.79 Å². The van der Waals surface area contributed by atoms with E-state index in [1.165, 1.54) is 11.3 Å². The minimum absolute atomic E-state index is 0.0727. The Morgan fingerprint density at radius 2 is 1.93 bits per heavy atom. The van der Waals surface area contributed by atoms with Gasteiger partial charge in [-0.3, -0.25) is 4.79 Å². The average Bonchev–Trinajstić information content (AvgIpc) is 3.33. The van der Waals surface area contributed by atoms with Gasteiger partial charge in [-0.25, -0.2) is 4.98 Å². The molecule has 1 amide bonds. The number of hydrogen-bond acceptors (Lipinski definition) is 3. The van der Waals surface area contributed by atoms with Gasteiger partial charge in [0.25, 0.3) is 0 Å². The summed E-state index contributed by atoms with van der Waals surface area (Å²) in [6, 6.07) is 20.3. The van der Waals surface area contributed by atoms with Gasteiger partial charge in [0.05, 0.1) is 18.3 Å². The molecule has 1 aliphatic rings. The van der Waals surface area contributed by atoms with Crippen LogP contribution in [0.3, 0.4) is 0 Å². The third kappa shape index (κ3) is 3.01. The normalized spacial score (nSPS) is 12.9. The van der Waals surface area contributed by atoms with Crippen LogP contribution in [0.25, 0.3) is 10.9 Å². The third-order valence-corrected chi connectivity index (χ3v) is 5.24. The van der Waals surface area contributed by atoms with Crippen molar-refractivity contribution in [2.24, 2.45) is 0 Å². The summed E-state index contributed by atoms with van der Waals surface area (Å²) in [5, 5.41) is 3.98. The smallest absolute Gasteiger partial charge is 0.230 e. The molecular weight excluding hydrogens is 348 g/mol. The molecule has 0 bridgehead atoms. The lowest BCUT2D eigenvalue weighted by atomic mass is 10.1. The van der Waals surface area contributed by atoms with Crippen LogP contribution in [0.15, 0.2) is 73.1 Å². The van der Waals surface area contributed by atoms with Crippen molar-refractivity contribution < 1.29 is 4.79 Å². The van der Waals surface area contributed by atoms with Gasteiger partial charge in [0.15, 0.2) is 0 Å². The van der Waals surface area contributed by atoms with Crippen LogP contribution in [0.4, 0.5) is 17.2 Å². The molecule has 0 saturated heterocycles. The molecule has 0 saturated carbocycles. The van der Waals surface area contributed by atoms with Crippen molar-refractivity contribution in [1.29, 1.82) is 0 Å². The maximum Gasteiger partial charge on any atom is 0.230 e. The van der Waals surface area contributed by atoms with Crippen LogP contribution in [0.5, 0.6) is 0 Å². The number of nitrogens with one attached hydrogen (secondary N) is 2. The standard InChI is InChI=1S/C23H20N4O/c28-23(13-17-14-24-20-7-3-2-6-19(17)20)26-22-10-9-18(15-25-22)27-12-11-16-5-1-4-8-21(16)27/h1-10,14-15,24H,11-13H2,(H,25,26,28). The van der Waals surface area contributed by atoms with Crippen LogP contribution < -0.4 is 10.2 Å². The van der Waals surface area contributed by atoms with E-state index in [2.05, 4.69) is 44.5 Å². The number of nitrogens with zero attached hydrogens (tertiary/aromatic N) is 2. The topological polar surface area (TPSA) is 61.0 Å². The van der Waals surface area contributed by atoms with Gasteiger partial charge in [-0.15, -0.1) is 0 Å². The molecule has 0 unspecified atom stereocenters. The fourth-order valence-corrected chi connectivity index (χ4v) is 3.86. The van der Waals surface area contributed by atoms with Gasteiger partial charge in [-0.05, 0) is 41.8 Å². The predicted molar refractivity (Wildman–Crippen MR) is 112 cm³/mol. The monoisotopic (exact) mass is 368 g/mol. The van der Waals surface area contributed by atoms with E-state index < -0.39 is 0 Å². The zero-order chi connectivity index (χ0) is 18.9. The molecule has 2 N–H and O–H groups in total. The van der Waals surface area contributed by atoms with E-state index in [0.29, 0.717) is 12.2 Å². The fraction of sp³-hybridized carbons (Fsp3) is 0.130. The molecule has 0 spiro atoms. The Labute approximate surface area is 163 Å². The second kappa shape index (κ2) is 6.85. The van der Waals surface area contributed by atoms with Gasteiger partial charge in [0.1, 0.15) is 5.82 Å². The largest absolute Gasteiger partial charge is 0.361 e. The van der Waals surface area contributed by atoms with Crippen LogP contribution in [0, 0.1) is 0 Å². The number of rotatable bonds is 4. The molecule has 28 heavy (non-hydrogen) atoms. The summed E-state index contributed by atoms with van der Waals surface area (Å²) in [6.07, 6.45) is 5.07. The summed E-state index contributed by atoms with van der Waals surface area (Å²) >= 11 is 0. The van der Waals surface area contributed by atoms with Crippen molar-refractivity contribution in [3.05, 3.63) is 84.2 Å². The Balaban J connectivity index is 1.28. The van der Waals surface area contributed by atoms with Crippen molar-refractivity contribution in [2.75, 3.05) is 16.8 Å². The number of H-pyrrole nitrogens is 1. The summed E-state index contributed by atoms with van der Waals surface area (Å²) in [4.78, 5) is 22.4. The van der Waals surface area contributed by atoms with Gasteiger partial charge in [-0.1, -0.05) is 36.4 Å². The Hall–Kier alpha value is -3.60. The first-order chi connectivity index (χ1) is 13.8. The summed E-state index contributed by atoms with van der Waals surface area (Å²) in [7, 11) is 0. The van der Waals surface area contributed by atoms with Gasteiger partial charge >= 0.3 is 0 Å². The third-order valence-electron chi connectivity index (χ3n) is 5.24. The first-order valence-electron chi connectivity index (χ1n) is 9.44. The lowest BCUT2D eigenvalue weighted by Gasteiger charge is -2.19. The summed E-state index contributed by atoms with van der Waals surface area (Å²) in [5.41, 5.74) is 5.66. The van der Waals surface area contributed by atoms with Crippen molar-refractivity contribution in [3.8, 4) is 0 Å². The maximum absolute atomic E-state index is 12.5. The molecule has 2 aromatic carbocycles. The summed E-state index contributed by atoms with van der Waals surface area (Å²) < 4.78 is 0. The Kier molecular flexibility index (Phi) is 4.05. The molecule has 1 aliphatic heterocycles. The average molecular weight is 368 g/mol. The quantitative estimate of drug-likeness (QED) is 0.560. The molecular formula is C23H20N4O. The van der Waals surface area contributed by atoms with Gasteiger partial charge < -0.3 is 15.2 Å². The van der Waals surface area contributed by atoms with E-state index in [4.69, 9.17) is 0 Å². The zero-order valence-electron chi connectivity index (χ0n) is 15.4. The molecule has 5 heteroatoms. The van der Waals surface area contributed by atoms with E-state index in [0.717, 1.165) is 35.1 Å². The highest BCUT2D eigenvalue weighted by Crippen LogP contribution is 2.34. The van der Waals surface area contributed by atoms with E-state index in [-0.39, 0.29) is 5.91 Å². The lowest BCUT2D eigenvalue weighted by Crippen LogP contribution is -2.16. The number of carbonyl (C=O) groups excluding carboxylic acids is 1. The molecule has 0 atom stereocenters. The Morgan fingerprint density at radius 3 is 2.82 bits per heavy atom. The van der Waals surface area contributed by atoms with Crippen LogP contribution in [0.1, 0.15) is 11.1 Å². The van der Waals surface area contributed by atoms with Crippen LogP contribution in [0.2, 0.25) is 0 Å². The van der Waals surface area contributed by atoms with E-state index in [1.807, 2.05) is 48.8 Å². The van der Waals surface area contributed by atoms with Gasteiger partial charge in [0, 0.05) is 29.3 Å². The molecule has 4 aromatic rings. The number of hydrogen-bond donors (Lipinski definition) is 2. The summed E-state index contributed by atoms with van der Waals surface area (Å²) in [6.45, 7) is 0.952. The van der Waals surface area contributed by atoms with Gasteiger partial charge in [-0.2, -0.15) is 0 Å². The molecule has 2 aromatic heterocycles. The lowest BCUT2D eigenvalue weighted by molar-refractivity contribution is -0.115. The van der Waals surface area contributed by atoms with Gasteiger partial charge in [0.2, 0.25) is 5.91 Å². The van der Waals surface area contributed by atoms with Crippen molar-refractivity contribution in [3.63, 3.8) is 0 Å². The highest BCUT2D eigenvalue weighted by Gasteiger charge is 2.20. The molecule has 0 radical (unpaired) electrons. The number of aromatic amines is 1. The Morgan fingerprint density at radius 1 is 1.07 bits per heavy atom. The summed E-state index contributed by atoms with van der Waals surface area (Å²) in [5.74, 6) is 0.498. The highest BCUT2D eigenvalue weighted by atomic mass is 16.1. The number of amides is 1. The highest BCUT2D eigenvalue weighted by molar-refractivity contribution is 5.95. The first-order valence-corrected chi connectivity index (χ1v) is 9.44. The molecule has 0 aliphatic carbocycles. The van der Waals surface area contributed by atoms with E-state index in [1.54, 1.807) is 0 Å². The molecule has 138 valence electrons. The minimum Gasteiger partial charge on any atom is -0.361 e. The van der Waals surface area contributed by atoms with Crippen LogP contribution in [-0.4, -0.2) is 22.4 Å². The number of aromatic nitrogens is 2. The van der Waals surface area contributed by atoms with E-state index >= 15 is 0 Å². The number of carbonyl (C=O) groups is 1. The number of pyridine rings is 1. The van der Waals surface area contributed by atoms with Crippen molar-refractivity contribution >= 4 is 34.0 Å². The first kappa shape index (κ1) is 16.6. The molecule has 0 fully saturated rings. The van der Waals surface area contributed by atoms with Crippen LogP contribution in [-0.2, 0) is 17.6 Å². The van der Waals surface area contributed by atoms with Crippen LogP contribution >= 0.6 is 0 Å². The Bertz CT molecular complexity index is 1150.